The number of halogens is 1. The van der Waals surface area contributed by atoms with E-state index in [0.29, 0.717) is 12.0 Å². The van der Waals surface area contributed by atoms with Crippen LogP contribution in [0.4, 0.5) is 0 Å². The molecule has 0 aliphatic carbocycles. The smallest absolute Gasteiger partial charge is 0.330 e. The highest BCUT2D eigenvalue weighted by Gasteiger charge is 2.02. The summed E-state index contributed by atoms with van der Waals surface area (Å²) in [6.45, 7) is 7.43. The number of aliphatic carboxylic acids is 1. The largest absolute Gasteiger partial charge is 0.478 e. The van der Waals surface area contributed by atoms with Crippen molar-refractivity contribution in [2.24, 2.45) is 5.73 Å². The van der Waals surface area contributed by atoms with E-state index in [-0.39, 0.29) is 0 Å². The van der Waals surface area contributed by atoms with Crippen molar-refractivity contribution in [3.8, 4) is 0 Å². The number of carbonyl (C=O) groups is 2. The second kappa shape index (κ2) is 15.7. The van der Waals surface area contributed by atoms with Gasteiger partial charge in [0.25, 0.3) is 0 Å². The highest BCUT2D eigenvalue weighted by molar-refractivity contribution is 6.15. The van der Waals surface area contributed by atoms with Crippen LogP contribution in [0.15, 0.2) is 24.8 Å². The summed E-state index contributed by atoms with van der Waals surface area (Å²) in [5, 5.41) is 8.43. The number of carbonyl (C=O) groups excluding carboxylic acids is 1. The van der Waals surface area contributed by atoms with Crippen LogP contribution >= 0.6 is 11.6 Å². The van der Waals surface area contributed by atoms with Crippen molar-refractivity contribution in [1.82, 2.24) is 4.90 Å². The highest BCUT2D eigenvalue weighted by Crippen LogP contribution is 2.01. The number of rotatable bonds is 6. The van der Waals surface area contributed by atoms with Crippen LogP contribution in [0.3, 0.4) is 0 Å². The van der Waals surface area contributed by atoms with E-state index in [1.165, 1.54) is 6.38 Å². The Kier molecular flexibility index (Phi) is 19.1. The average Bonchev–Trinajstić information content (AvgIpc) is 2.31. The van der Waals surface area contributed by atoms with Gasteiger partial charge in [0.05, 0.1) is 0 Å². The summed E-state index contributed by atoms with van der Waals surface area (Å²) in [7, 11) is 3.92. The van der Waals surface area contributed by atoms with Crippen molar-refractivity contribution >= 4 is 23.5 Å². The standard InChI is InChI=1S/C8H15NO2.C3H5NO.CH3Cl/c1-7(8(10)11)5-4-6-9(2)3;1-2-3(4)5;1-2/h1,4-6H2,2-3H3,(H,10,11);2H,1H2,(H2,4,5);1H3. The quantitative estimate of drug-likeness (QED) is 0.569. The molecule has 3 N–H and O–H groups in total. The Balaban J connectivity index is -0.000000270. The fraction of sp³-hybridized carbons (Fsp3) is 0.500. The summed E-state index contributed by atoms with van der Waals surface area (Å²) in [6.07, 6.45) is 3.96. The van der Waals surface area contributed by atoms with Crippen LogP contribution < -0.4 is 5.73 Å². The van der Waals surface area contributed by atoms with Gasteiger partial charge in [-0.05, 0) is 39.6 Å². The van der Waals surface area contributed by atoms with Crippen LogP contribution in [-0.4, -0.2) is 48.9 Å². The first kappa shape index (κ1) is 21.9. The second-order valence-electron chi connectivity index (χ2n) is 3.42. The van der Waals surface area contributed by atoms with Gasteiger partial charge in [0.1, 0.15) is 0 Å². The highest BCUT2D eigenvalue weighted by atomic mass is 35.5. The molecule has 0 aliphatic heterocycles. The first-order valence-electron chi connectivity index (χ1n) is 5.16. The average molecular weight is 279 g/mol. The summed E-state index contributed by atoms with van der Waals surface area (Å²) in [5.74, 6) is -1.37. The molecule has 0 heterocycles. The molecule has 0 bridgehead atoms. The van der Waals surface area contributed by atoms with E-state index >= 15 is 0 Å². The number of hydrogen-bond acceptors (Lipinski definition) is 3. The molecule has 6 heteroatoms. The third-order valence-corrected chi connectivity index (χ3v) is 1.59. The van der Waals surface area contributed by atoms with Gasteiger partial charge in [0, 0.05) is 12.0 Å². The Hall–Kier alpha value is -1.33. The zero-order valence-electron chi connectivity index (χ0n) is 11.3. The molecule has 1 amide bonds. The van der Waals surface area contributed by atoms with Gasteiger partial charge in [-0.15, -0.1) is 11.6 Å². The predicted octanol–water partition coefficient (Wildman–Crippen LogP) is 1.48. The maximum absolute atomic E-state index is 10.3. The minimum absolute atomic E-state index is 0.298. The number of alkyl halides is 1. The van der Waals surface area contributed by atoms with Crippen LogP contribution in [0.1, 0.15) is 12.8 Å². The predicted molar refractivity (Wildman–Crippen MR) is 75.7 cm³/mol. The minimum Gasteiger partial charge on any atom is -0.478 e. The lowest BCUT2D eigenvalue weighted by Crippen LogP contribution is -2.13. The van der Waals surface area contributed by atoms with Crippen LogP contribution in [0.5, 0.6) is 0 Å². The number of hydrogen-bond donors (Lipinski definition) is 2. The first-order valence-corrected chi connectivity index (χ1v) is 5.92. The van der Waals surface area contributed by atoms with Crippen LogP contribution in [-0.2, 0) is 9.59 Å². The molecular formula is C12H23ClN2O3. The monoisotopic (exact) mass is 278 g/mol. The van der Waals surface area contributed by atoms with Crippen molar-refractivity contribution in [2.45, 2.75) is 12.8 Å². The van der Waals surface area contributed by atoms with Gasteiger partial charge in [-0.1, -0.05) is 13.2 Å². The molecule has 0 saturated carbocycles. The normalized spacial score (nSPS) is 8.28. The van der Waals surface area contributed by atoms with Gasteiger partial charge in [0.2, 0.25) is 5.91 Å². The van der Waals surface area contributed by atoms with Crippen molar-refractivity contribution < 1.29 is 14.7 Å². The molecule has 0 aliphatic rings. The number of carboxylic acids is 1. The number of nitrogens with zero attached hydrogens (tertiary/aromatic N) is 1. The van der Waals surface area contributed by atoms with E-state index in [4.69, 9.17) is 5.11 Å². The van der Waals surface area contributed by atoms with Crippen molar-refractivity contribution in [1.29, 1.82) is 0 Å². The van der Waals surface area contributed by atoms with E-state index in [2.05, 4.69) is 30.5 Å². The van der Waals surface area contributed by atoms with Crippen LogP contribution in [0, 0.1) is 0 Å². The van der Waals surface area contributed by atoms with Gasteiger partial charge >= 0.3 is 5.97 Å². The van der Waals surface area contributed by atoms with E-state index < -0.39 is 11.9 Å². The van der Waals surface area contributed by atoms with Gasteiger partial charge in [-0.3, -0.25) is 4.79 Å². The summed E-state index contributed by atoms with van der Waals surface area (Å²) in [4.78, 5) is 21.8. The zero-order chi connectivity index (χ0) is 15.1. The number of amides is 1. The molecule has 0 aromatic rings. The Morgan fingerprint density at radius 1 is 1.39 bits per heavy atom. The summed E-state index contributed by atoms with van der Waals surface area (Å²) in [6, 6.07) is 0. The third kappa shape index (κ3) is 24.1. The van der Waals surface area contributed by atoms with E-state index in [1.54, 1.807) is 0 Å². The third-order valence-electron chi connectivity index (χ3n) is 1.59. The topological polar surface area (TPSA) is 83.6 Å². The molecule has 0 unspecified atom stereocenters. The molecule has 0 spiro atoms. The summed E-state index contributed by atoms with van der Waals surface area (Å²) in [5.41, 5.74) is 4.83. The molecule has 0 fully saturated rings. The first-order chi connectivity index (χ1) is 8.31. The Morgan fingerprint density at radius 3 is 2.00 bits per heavy atom. The molecule has 0 aromatic carbocycles. The maximum Gasteiger partial charge on any atom is 0.330 e. The number of carboxylic acid groups (broad SMARTS) is 1. The van der Waals surface area contributed by atoms with E-state index in [0.717, 1.165) is 19.0 Å². The maximum atomic E-state index is 10.3. The summed E-state index contributed by atoms with van der Waals surface area (Å²) < 4.78 is 0. The molecule has 5 nitrogen and oxygen atoms in total. The molecule has 18 heavy (non-hydrogen) atoms. The van der Waals surface area contributed by atoms with Crippen LogP contribution in [0.2, 0.25) is 0 Å². The van der Waals surface area contributed by atoms with Crippen molar-refractivity contribution in [2.75, 3.05) is 27.0 Å². The minimum atomic E-state index is -0.885. The molecule has 0 radical (unpaired) electrons. The SMILES string of the molecule is C=C(CCCN(C)C)C(=O)O.C=CC(N)=O.CCl. The molecule has 0 aromatic heterocycles. The van der Waals surface area contributed by atoms with Gasteiger partial charge in [-0.25, -0.2) is 4.79 Å². The second-order valence-corrected chi connectivity index (χ2v) is 3.42. The zero-order valence-corrected chi connectivity index (χ0v) is 12.0. The van der Waals surface area contributed by atoms with Gasteiger partial charge < -0.3 is 15.7 Å². The van der Waals surface area contributed by atoms with Crippen LogP contribution in [0.25, 0.3) is 0 Å². The fourth-order valence-corrected chi connectivity index (χ4v) is 0.716. The van der Waals surface area contributed by atoms with Crippen molar-refractivity contribution in [3.63, 3.8) is 0 Å². The molecule has 0 saturated heterocycles. The molecular weight excluding hydrogens is 256 g/mol. The van der Waals surface area contributed by atoms with E-state index in [1.807, 2.05) is 19.0 Å². The number of primary amides is 1. The Morgan fingerprint density at radius 2 is 1.78 bits per heavy atom. The van der Waals surface area contributed by atoms with Crippen molar-refractivity contribution in [3.05, 3.63) is 24.8 Å². The Labute approximate surface area is 114 Å². The lowest BCUT2D eigenvalue weighted by molar-refractivity contribution is -0.132. The lowest BCUT2D eigenvalue weighted by Gasteiger charge is -2.08. The molecule has 106 valence electrons. The van der Waals surface area contributed by atoms with E-state index in [9.17, 15) is 9.59 Å². The summed E-state index contributed by atoms with van der Waals surface area (Å²) >= 11 is 4.64. The molecule has 0 rings (SSSR count). The molecule has 0 atom stereocenters. The number of nitrogens with two attached hydrogens (primary N) is 1. The van der Waals surface area contributed by atoms with Gasteiger partial charge in [-0.2, -0.15) is 0 Å². The van der Waals surface area contributed by atoms with Gasteiger partial charge in [0.15, 0.2) is 0 Å². The fourth-order valence-electron chi connectivity index (χ4n) is 0.716. The lowest BCUT2D eigenvalue weighted by atomic mass is 10.1. The Bertz CT molecular complexity index is 266.